The van der Waals surface area contributed by atoms with E-state index in [9.17, 15) is 5.11 Å². The van der Waals surface area contributed by atoms with E-state index in [1.807, 2.05) is 12.1 Å². The summed E-state index contributed by atoms with van der Waals surface area (Å²) in [4.78, 5) is 2.29. The van der Waals surface area contributed by atoms with Crippen molar-refractivity contribution in [2.75, 3.05) is 13.2 Å². The number of halogens is 1. The number of rotatable bonds is 3. The number of aliphatic hydroxyl groups excluding tert-OH is 1. The molecule has 0 radical (unpaired) electrons. The molecule has 1 aliphatic heterocycles. The molecule has 84 valence electrons. The Labute approximate surface area is 98.2 Å². The third-order valence-corrected chi connectivity index (χ3v) is 3.60. The van der Waals surface area contributed by atoms with E-state index in [0.717, 1.165) is 29.9 Å². The summed E-state index contributed by atoms with van der Waals surface area (Å²) in [6.07, 6.45) is 1.16. The molecule has 1 aliphatic rings. The lowest BCUT2D eigenvalue weighted by molar-refractivity contribution is 0.127. The molecular formula is C11H16BrNO2. The lowest BCUT2D eigenvalue weighted by Gasteiger charge is -2.23. The van der Waals surface area contributed by atoms with E-state index in [2.05, 4.69) is 27.8 Å². The first kappa shape index (κ1) is 11.2. The molecule has 2 atom stereocenters. The number of furan rings is 1. The average Bonchev–Trinajstić information content (AvgIpc) is 2.75. The van der Waals surface area contributed by atoms with Crippen molar-refractivity contribution in [3.63, 3.8) is 0 Å². The molecule has 0 aromatic carbocycles. The highest BCUT2D eigenvalue weighted by molar-refractivity contribution is 9.10. The summed E-state index contributed by atoms with van der Waals surface area (Å²) >= 11 is 3.29. The van der Waals surface area contributed by atoms with Gasteiger partial charge in [0, 0.05) is 6.04 Å². The lowest BCUT2D eigenvalue weighted by atomic mass is 10.0. The lowest BCUT2D eigenvalue weighted by Crippen LogP contribution is -2.34. The fraction of sp³-hybridized carbons (Fsp3) is 0.636. The van der Waals surface area contributed by atoms with Crippen molar-refractivity contribution in [1.29, 1.82) is 0 Å². The molecule has 0 aliphatic carbocycles. The van der Waals surface area contributed by atoms with Crippen LogP contribution in [0, 0.1) is 5.92 Å². The largest absolute Gasteiger partial charge is 0.453 e. The number of hydrogen-bond donors (Lipinski definition) is 1. The van der Waals surface area contributed by atoms with Crippen LogP contribution in [-0.2, 0) is 6.54 Å². The Bertz CT molecular complexity index is 326. The normalized spacial score (nSPS) is 27.4. The van der Waals surface area contributed by atoms with Crippen LogP contribution in [0.4, 0.5) is 0 Å². The zero-order chi connectivity index (χ0) is 10.8. The van der Waals surface area contributed by atoms with Gasteiger partial charge in [0.15, 0.2) is 4.67 Å². The zero-order valence-electron chi connectivity index (χ0n) is 8.82. The third-order valence-electron chi connectivity index (χ3n) is 3.17. The summed E-state index contributed by atoms with van der Waals surface area (Å²) in [6, 6.07) is 4.17. The smallest absolute Gasteiger partial charge is 0.169 e. The van der Waals surface area contributed by atoms with Gasteiger partial charge in [-0.25, -0.2) is 0 Å². The van der Waals surface area contributed by atoms with E-state index >= 15 is 0 Å². The molecule has 4 heteroatoms. The van der Waals surface area contributed by atoms with Crippen LogP contribution in [0.25, 0.3) is 0 Å². The van der Waals surface area contributed by atoms with Crippen molar-refractivity contribution < 1.29 is 9.52 Å². The summed E-state index contributed by atoms with van der Waals surface area (Å²) in [6.45, 7) is 4.27. The zero-order valence-corrected chi connectivity index (χ0v) is 10.4. The Kier molecular flexibility index (Phi) is 3.49. The minimum atomic E-state index is 0.239. The SMILES string of the molecule is CC1CCN(Cc2ccc(Br)o2)C1CO. The van der Waals surface area contributed by atoms with Crippen LogP contribution in [0.2, 0.25) is 0 Å². The third kappa shape index (κ3) is 2.44. The predicted molar refractivity (Wildman–Crippen MR) is 61.5 cm³/mol. The van der Waals surface area contributed by atoms with Gasteiger partial charge in [-0.05, 0) is 46.9 Å². The van der Waals surface area contributed by atoms with Gasteiger partial charge in [0.25, 0.3) is 0 Å². The standard InChI is InChI=1S/C11H16BrNO2/c1-8-4-5-13(10(8)7-14)6-9-2-3-11(12)15-9/h2-3,8,10,14H,4-7H2,1H3. The number of aliphatic hydroxyl groups is 1. The van der Waals surface area contributed by atoms with E-state index in [1.54, 1.807) is 0 Å². The molecule has 0 spiro atoms. The van der Waals surface area contributed by atoms with Gasteiger partial charge in [-0.1, -0.05) is 6.92 Å². The van der Waals surface area contributed by atoms with E-state index < -0.39 is 0 Å². The maximum atomic E-state index is 9.31. The van der Waals surface area contributed by atoms with E-state index in [4.69, 9.17) is 4.42 Å². The minimum Gasteiger partial charge on any atom is -0.453 e. The Morgan fingerprint density at radius 2 is 2.40 bits per heavy atom. The Morgan fingerprint density at radius 3 is 3.00 bits per heavy atom. The van der Waals surface area contributed by atoms with Crippen LogP contribution >= 0.6 is 15.9 Å². The van der Waals surface area contributed by atoms with Crippen LogP contribution in [0.3, 0.4) is 0 Å². The highest BCUT2D eigenvalue weighted by Crippen LogP contribution is 2.26. The molecule has 1 N–H and O–H groups in total. The van der Waals surface area contributed by atoms with Gasteiger partial charge >= 0.3 is 0 Å². The Balaban J connectivity index is 2.00. The quantitative estimate of drug-likeness (QED) is 0.918. The molecule has 0 amide bonds. The summed E-state index contributed by atoms with van der Waals surface area (Å²) in [7, 11) is 0. The number of likely N-dealkylation sites (tertiary alicyclic amines) is 1. The van der Waals surface area contributed by atoms with Crippen molar-refractivity contribution in [1.82, 2.24) is 4.90 Å². The summed E-state index contributed by atoms with van der Waals surface area (Å²) in [5.41, 5.74) is 0. The maximum absolute atomic E-state index is 9.31. The molecule has 1 saturated heterocycles. The Hall–Kier alpha value is -0.320. The van der Waals surface area contributed by atoms with E-state index in [1.165, 1.54) is 0 Å². The van der Waals surface area contributed by atoms with Crippen LogP contribution in [-0.4, -0.2) is 29.2 Å². The highest BCUT2D eigenvalue weighted by atomic mass is 79.9. The topological polar surface area (TPSA) is 36.6 Å². The van der Waals surface area contributed by atoms with Gasteiger partial charge in [0.2, 0.25) is 0 Å². The van der Waals surface area contributed by atoms with Crippen molar-refractivity contribution >= 4 is 15.9 Å². The monoisotopic (exact) mass is 273 g/mol. The molecule has 2 unspecified atom stereocenters. The van der Waals surface area contributed by atoms with E-state index in [0.29, 0.717) is 5.92 Å². The first-order valence-electron chi connectivity index (χ1n) is 5.30. The molecule has 0 saturated carbocycles. The molecule has 1 aromatic rings. The van der Waals surface area contributed by atoms with Gasteiger partial charge < -0.3 is 9.52 Å². The molecule has 2 heterocycles. The first-order valence-corrected chi connectivity index (χ1v) is 6.09. The molecule has 15 heavy (non-hydrogen) atoms. The van der Waals surface area contributed by atoms with Crippen molar-refractivity contribution in [2.45, 2.75) is 25.9 Å². The summed E-state index contributed by atoms with van der Waals surface area (Å²) < 4.78 is 6.24. The summed E-state index contributed by atoms with van der Waals surface area (Å²) in [5, 5.41) is 9.31. The van der Waals surface area contributed by atoms with Gasteiger partial charge in [0.05, 0.1) is 13.2 Å². The van der Waals surface area contributed by atoms with E-state index in [-0.39, 0.29) is 12.6 Å². The minimum absolute atomic E-state index is 0.239. The maximum Gasteiger partial charge on any atom is 0.169 e. The van der Waals surface area contributed by atoms with Crippen molar-refractivity contribution in [3.8, 4) is 0 Å². The molecule has 1 fully saturated rings. The molecule has 1 aromatic heterocycles. The van der Waals surface area contributed by atoms with Gasteiger partial charge in [-0.2, -0.15) is 0 Å². The van der Waals surface area contributed by atoms with Gasteiger partial charge in [0.1, 0.15) is 5.76 Å². The average molecular weight is 274 g/mol. The van der Waals surface area contributed by atoms with Crippen LogP contribution < -0.4 is 0 Å². The second-order valence-electron chi connectivity index (χ2n) is 4.19. The Morgan fingerprint density at radius 1 is 1.60 bits per heavy atom. The second-order valence-corrected chi connectivity index (χ2v) is 4.97. The fourth-order valence-electron chi connectivity index (χ4n) is 2.22. The number of nitrogens with zero attached hydrogens (tertiary/aromatic N) is 1. The van der Waals surface area contributed by atoms with Crippen molar-refractivity contribution in [2.24, 2.45) is 5.92 Å². The van der Waals surface area contributed by atoms with Crippen LogP contribution in [0.15, 0.2) is 21.2 Å². The molecule has 3 nitrogen and oxygen atoms in total. The second kappa shape index (κ2) is 4.68. The van der Waals surface area contributed by atoms with Crippen LogP contribution in [0.5, 0.6) is 0 Å². The molecular weight excluding hydrogens is 258 g/mol. The van der Waals surface area contributed by atoms with Crippen LogP contribution in [0.1, 0.15) is 19.1 Å². The number of hydrogen-bond acceptors (Lipinski definition) is 3. The first-order chi connectivity index (χ1) is 7.20. The van der Waals surface area contributed by atoms with Crippen molar-refractivity contribution in [3.05, 3.63) is 22.6 Å². The van der Waals surface area contributed by atoms with Gasteiger partial charge in [-0.15, -0.1) is 0 Å². The molecule has 2 rings (SSSR count). The summed E-state index contributed by atoms with van der Waals surface area (Å²) in [5.74, 6) is 1.53. The molecule has 0 bridgehead atoms. The van der Waals surface area contributed by atoms with Gasteiger partial charge in [-0.3, -0.25) is 4.90 Å². The predicted octanol–water partition coefficient (Wildman–Crippen LogP) is 2.24. The fourth-order valence-corrected chi connectivity index (χ4v) is 2.56. The highest BCUT2D eigenvalue weighted by Gasteiger charge is 2.30.